The molecule has 166 valence electrons. The van der Waals surface area contributed by atoms with Crippen LogP contribution in [0.3, 0.4) is 0 Å². The number of carbonyl (C=O) groups excluding carboxylic acids is 2. The third-order valence-corrected chi connectivity index (χ3v) is 6.14. The number of amides is 2. The maximum absolute atomic E-state index is 13.4. The van der Waals surface area contributed by atoms with Gasteiger partial charge < -0.3 is 19.5 Å². The first-order valence-corrected chi connectivity index (χ1v) is 10.7. The van der Waals surface area contributed by atoms with Crippen LogP contribution in [0.4, 0.5) is 9.18 Å². The molecule has 1 aliphatic heterocycles. The summed E-state index contributed by atoms with van der Waals surface area (Å²) in [6.07, 6.45) is 2.72. The van der Waals surface area contributed by atoms with Gasteiger partial charge in [0.1, 0.15) is 17.0 Å². The normalized spacial score (nSPS) is 23.0. The zero-order chi connectivity index (χ0) is 22.3. The number of halogens is 2. The molecule has 2 aliphatic rings. The predicted molar refractivity (Wildman–Crippen MR) is 112 cm³/mol. The molecule has 3 atom stereocenters. The maximum Gasteiger partial charge on any atom is 0.407 e. The molecular weight excluding hydrogens is 425 g/mol. The van der Waals surface area contributed by atoms with Crippen molar-refractivity contribution in [2.45, 2.75) is 45.3 Å². The molecule has 3 unspecified atom stereocenters. The average Bonchev–Trinajstić information content (AvgIpc) is 3.36. The Labute approximate surface area is 184 Å². The van der Waals surface area contributed by atoms with Crippen LogP contribution in [0.25, 0.3) is 11.3 Å². The molecule has 1 saturated carbocycles. The molecule has 1 aliphatic carbocycles. The fraction of sp³-hybridized carbons (Fsp3) is 0.500. The molecule has 1 aromatic heterocycles. The fourth-order valence-electron chi connectivity index (χ4n) is 4.50. The molecule has 0 bridgehead atoms. The minimum atomic E-state index is -0.563. The van der Waals surface area contributed by atoms with Crippen LogP contribution in [-0.4, -0.2) is 46.8 Å². The first kappa shape index (κ1) is 21.6. The molecule has 4 rings (SSSR count). The van der Waals surface area contributed by atoms with E-state index in [0.717, 1.165) is 12.8 Å². The number of ether oxygens (including phenoxy) is 1. The Hall–Kier alpha value is -2.61. The average molecular weight is 450 g/mol. The lowest BCUT2D eigenvalue weighted by Gasteiger charge is -2.25. The number of fused-ring (bicyclic) bond motifs is 1. The fourth-order valence-corrected chi connectivity index (χ4v) is 4.75. The van der Waals surface area contributed by atoms with Crippen molar-refractivity contribution in [3.05, 3.63) is 40.8 Å². The maximum atomic E-state index is 13.4. The van der Waals surface area contributed by atoms with E-state index in [4.69, 9.17) is 20.9 Å². The number of likely N-dealkylation sites (tertiary alicyclic amines) is 1. The van der Waals surface area contributed by atoms with Gasteiger partial charge in [-0.2, -0.15) is 0 Å². The molecule has 2 heterocycles. The van der Waals surface area contributed by atoms with Crippen molar-refractivity contribution in [2.24, 2.45) is 11.8 Å². The Kier molecular flexibility index (Phi) is 5.68. The van der Waals surface area contributed by atoms with Crippen molar-refractivity contribution in [1.82, 2.24) is 15.4 Å². The van der Waals surface area contributed by atoms with Gasteiger partial charge in [0.25, 0.3) is 5.91 Å². The van der Waals surface area contributed by atoms with Gasteiger partial charge in [-0.1, -0.05) is 16.8 Å². The highest BCUT2D eigenvalue weighted by Gasteiger charge is 2.45. The van der Waals surface area contributed by atoms with Crippen LogP contribution in [0.1, 0.15) is 44.0 Å². The van der Waals surface area contributed by atoms with Crippen molar-refractivity contribution in [2.75, 3.05) is 13.1 Å². The topological polar surface area (TPSA) is 84.7 Å². The summed E-state index contributed by atoms with van der Waals surface area (Å²) >= 11 is 6.14. The van der Waals surface area contributed by atoms with Gasteiger partial charge in [0.2, 0.25) is 0 Å². The van der Waals surface area contributed by atoms with E-state index in [0.29, 0.717) is 24.6 Å². The van der Waals surface area contributed by atoms with Crippen LogP contribution in [0.5, 0.6) is 0 Å². The summed E-state index contributed by atoms with van der Waals surface area (Å²) < 4.78 is 24.1. The van der Waals surface area contributed by atoms with Crippen LogP contribution in [0, 0.1) is 17.7 Å². The molecule has 1 saturated heterocycles. The molecule has 2 amide bonds. The Bertz CT molecular complexity index is 1000. The summed E-state index contributed by atoms with van der Waals surface area (Å²) in [5, 5.41) is 6.88. The molecule has 0 radical (unpaired) electrons. The van der Waals surface area contributed by atoms with Crippen molar-refractivity contribution < 1.29 is 23.2 Å². The second-order valence-corrected chi connectivity index (χ2v) is 9.56. The van der Waals surface area contributed by atoms with E-state index in [-0.39, 0.29) is 34.2 Å². The van der Waals surface area contributed by atoms with E-state index < -0.39 is 17.5 Å². The summed E-state index contributed by atoms with van der Waals surface area (Å²) in [5.41, 5.74) is 0.129. The van der Waals surface area contributed by atoms with E-state index in [1.54, 1.807) is 4.90 Å². The number of carbonyl (C=O) groups is 2. The summed E-state index contributed by atoms with van der Waals surface area (Å²) in [6.45, 7) is 6.58. The SMILES string of the molecule is CC(C)(C)OC(=O)NC1CCC2CN(C(=O)c3cnoc3-c3ccc(F)cc3Cl)CC21. The van der Waals surface area contributed by atoms with Crippen LogP contribution >= 0.6 is 11.6 Å². The Morgan fingerprint density at radius 2 is 2.06 bits per heavy atom. The minimum absolute atomic E-state index is 0.0360. The minimum Gasteiger partial charge on any atom is -0.444 e. The number of rotatable bonds is 3. The van der Waals surface area contributed by atoms with E-state index in [1.165, 1.54) is 24.4 Å². The first-order chi connectivity index (χ1) is 14.6. The van der Waals surface area contributed by atoms with Crippen molar-refractivity contribution in [3.8, 4) is 11.3 Å². The molecule has 7 nitrogen and oxygen atoms in total. The summed E-state index contributed by atoms with van der Waals surface area (Å²) in [5.74, 6) is -0.00891. The van der Waals surface area contributed by atoms with E-state index in [9.17, 15) is 14.0 Å². The molecule has 31 heavy (non-hydrogen) atoms. The number of aromatic nitrogens is 1. The number of hydrogen-bond acceptors (Lipinski definition) is 5. The van der Waals surface area contributed by atoms with Gasteiger partial charge in [-0.15, -0.1) is 0 Å². The molecule has 2 fully saturated rings. The smallest absolute Gasteiger partial charge is 0.407 e. The molecule has 1 N–H and O–H groups in total. The summed E-state index contributed by atoms with van der Waals surface area (Å²) in [6, 6.07) is 3.85. The lowest BCUT2D eigenvalue weighted by Crippen LogP contribution is -2.42. The molecule has 9 heteroatoms. The second-order valence-electron chi connectivity index (χ2n) is 9.16. The van der Waals surface area contributed by atoms with Crippen LogP contribution in [0.15, 0.2) is 28.9 Å². The van der Waals surface area contributed by atoms with Gasteiger partial charge in [-0.05, 0) is 57.7 Å². The van der Waals surface area contributed by atoms with Gasteiger partial charge in [0, 0.05) is 30.6 Å². The summed E-state index contributed by atoms with van der Waals surface area (Å²) in [4.78, 5) is 27.2. The molecule has 0 spiro atoms. The van der Waals surface area contributed by atoms with Gasteiger partial charge >= 0.3 is 6.09 Å². The highest BCUT2D eigenvalue weighted by Crippen LogP contribution is 2.40. The quantitative estimate of drug-likeness (QED) is 0.745. The molecular formula is C22H25ClFN3O4. The number of benzene rings is 1. The van der Waals surface area contributed by atoms with E-state index in [2.05, 4.69) is 10.5 Å². The molecule has 2 aromatic rings. The Balaban J connectivity index is 1.46. The third kappa shape index (κ3) is 4.54. The standard InChI is InChI=1S/C22H25ClFN3O4/c1-22(2,3)30-21(29)26-18-7-4-12-10-27(11-16(12)18)20(28)15-9-25-31-19(15)14-6-5-13(24)8-17(14)23/h5-6,8-9,12,16,18H,4,7,10-11H2,1-3H3,(H,26,29). The Morgan fingerprint density at radius 1 is 1.29 bits per heavy atom. The van der Waals surface area contributed by atoms with Crippen LogP contribution in [0.2, 0.25) is 5.02 Å². The van der Waals surface area contributed by atoms with Crippen molar-refractivity contribution >= 4 is 23.6 Å². The summed E-state index contributed by atoms with van der Waals surface area (Å²) in [7, 11) is 0. The first-order valence-electron chi connectivity index (χ1n) is 10.3. The number of nitrogens with one attached hydrogen (secondary N) is 1. The van der Waals surface area contributed by atoms with E-state index >= 15 is 0 Å². The zero-order valence-electron chi connectivity index (χ0n) is 17.7. The Morgan fingerprint density at radius 3 is 2.77 bits per heavy atom. The van der Waals surface area contributed by atoms with Gasteiger partial charge in [0.15, 0.2) is 5.76 Å². The van der Waals surface area contributed by atoms with Gasteiger partial charge in [-0.25, -0.2) is 9.18 Å². The molecule has 1 aromatic carbocycles. The second kappa shape index (κ2) is 8.15. The monoisotopic (exact) mass is 449 g/mol. The highest BCUT2D eigenvalue weighted by molar-refractivity contribution is 6.33. The van der Waals surface area contributed by atoms with Crippen LogP contribution < -0.4 is 5.32 Å². The van der Waals surface area contributed by atoms with Gasteiger partial charge in [-0.3, -0.25) is 4.79 Å². The highest BCUT2D eigenvalue weighted by atomic mass is 35.5. The number of nitrogens with zero attached hydrogens (tertiary/aromatic N) is 2. The number of hydrogen-bond donors (Lipinski definition) is 1. The lowest BCUT2D eigenvalue weighted by atomic mass is 9.98. The van der Waals surface area contributed by atoms with Gasteiger partial charge in [0.05, 0.1) is 11.2 Å². The van der Waals surface area contributed by atoms with E-state index in [1.807, 2.05) is 20.8 Å². The largest absolute Gasteiger partial charge is 0.444 e. The lowest BCUT2D eigenvalue weighted by molar-refractivity contribution is 0.0491. The van der Waals surface area contributed by atoms with Crippen molar-refractivity contribution in [1.29, 1.82) is 0 Å². The predicted octanol–water partition coefficient (Wildman–Crippen LogP) is 4.51. The van der Waals surface area contributed by atoms with Crippen molar-refractivity contribution in [3.63, 3.8) is 0 Å². The van der Waals surface area contributed by atoms with Crippen LogP contribution in [-0.2, 0) is 4.74 Å². The number of alkyl carbamates (subject to hydrolysis) is 1. The third-order valence-electron chi connectivity index (χ3n) is 5.82. The zero-order valence-corrected chi connectivity index (χ0v) is 18.4.